The summed E-state index contributed by atoms with van der Waals surface area (Å²) < 4.78 is 13.4. The molecule has 1 amide bonds. The monoisotopic (exact) mass is 493 g/mol. The third-order valence-electron chi connectivity index (χ3n) is 6.31. The number of carbonyl (C=O) groups is 1. The quantitative estimate of drug-likeness (QED) is 0.436. The van der Waals surface area contributed by atoms with Crippen LogP contribution in [0.4, 0.5) is 5.95 Å². The van der Waals surface area contributed by atoms with Crippen LogP contribution in [0.5, 0.6) is 11.5 Å². The molecule has 1 saturated heterocycles. The number of benzene rings is 2. The van der Waals surface area contributed by atoms with E-state index < -0.39 is 0 Å². The molecule has 0 bridgehead atoms. The Balaban J connectivity index is 1.30. The van der Waals surface area contributed by atoms with Crippen LogP contribution in [0.25, 0.3) is 5.69 Å². The first-order chi connectivity index (χ1) is 17.2. The van der Waals surface area contributed by atoms with Crippen molar-refractivity contribution in [1.29, 1.82) is 0 Å². The van der Waals surface area contributed by atoms with E-state index in [9.17, 15) is 4.79 Å². The average Bonchev–Trinajstić information content (AvgIpc) is 3.35. The van der Waals surface area contributed by atoms with Crippen molar-refractivity contribution in [1.82, 2.24) is 19.7 Å². The molecule has 0 aliphatic carbocycles. The molecule has 8 nitrogen and oxygen atoms in total. The van der Waals surface area contributed by atoms with Gasteiger partial charge in [0, 0.05) is 26.2 Å². The van der Waals surface area contributed by atoms with Gasteiger partial charge in [0.05, 0.1) is 11.4 Å². The van der Waals surface area contributed by atoms with Crippen molar-refractivity contribution in [2.24, 2.45) is 0 Å². The van der Waals surface area contributed by atoms with Crippen molar-refractivity contribution in [3.05, 3.63) is 54.1 Å². The fourth-order valence-electron chi connectivity index (χ4n) is 4.46. The maximum absolute atomic E-state index is 13.2. The number of thioether (sulfide) groups is 1. The summed E-state index contributed by atoms with van der Waals surface area (Å²) in [5.41, 5.74) is 2.03. The lowest BCUT2D eigenvalue weighted by molar-refractivity contribution is -0.128. The number of carbonyl (C=O) groups excluding carboxylic acids is 1. The Morgan fingerprint density at radius 2 is 1.77 bits per heavy atom. The molecule has 2 aliphatic rings. The fourth-order valence-corrected chi connectivity index (χ4v) is 5.31. The molecule has 9 heteroatoms. The lowest BCUT2D eigenvalue weighted by Gasteiger charge is -2.27. The zero-order valence-corrected chi connectivity index (χ0v) is 20.9. The molecule has 1 aromatic heterocycles. The predicted octanol–water partition coefficient (Wildman–Crippen LogP) is 4.17. The van der Waals surface area contributed by atoms with Gasteiger partial charge < -0.3 is 19.3 Å². The van der Waals surface area contributed by atoms with Crippen LogP contribution in [0.15, 0.2) is 53.7 Å². The van der Waals surface area contributed by atoms with E-state index in [1.807, 2.05) is 48.2 Å². The smallest absolute Gasteiger partial charge is 0.233 e. The molecular weight excluding hydrogens is 462 g/mol. The number of para-hydroxylation sites is 1. The third kappa shape index (κ3) is 5.40. The van der Waals surface area contributed by atoms with E-state index in [1.54, 1.807) is 0 Å². The summed E-state index contributed by atoms with van der Waals surface area (Å²) in [6.07, 6.45) is 3.57. The van der Waals surface area contributed by atoms with Gasteiger partial charge in [0.2, 0.25) is 11.9 Å². The number of piperidine rings is 1. The molecule has 3 heterocycles. The maximum atomic E-state index is 13.2. The average molecular weight is 494 g/mol. The highest BCUT2D eigenvalue weighted by Crippen LogP contribution is 2.32. The predicted molar refractivity (Wildman–Crippen MR) is 137 cm³/mol. The second-order valence-corrected chi connectivity index (χ2v) is 9.62. The maximum Gasteiger partial charge on any atom is 0.233 e. The molecule has 0 N–H and O–H groups in total. The highest BCUT2D eigenvalue weighted by molar-refractivity contribution is 7.99. The number of anilines is 1. The molecule has 1 fully saturated rings. The van der Waals surface area contributed by atoms with E-state index in [0.29, 0.717) is 32.1 Å². The molecule has 184 valence electrons. The summed E-state index contributed by atoms with van der Waals surface area (Å²) in [6.45, 7) is 6.22. The van der Waals surface area contributed by atoms with Gasteiger partial charge in [0.25, 0.3) is 0 Å². The van der Waals surface area contributed by atoms with Gasteiger partial charge >= 0.3 is 0 Å². The normalized spacial score (nSPS) is 15.2. The Bertz CT molecular complexity index is 1150. The van der Waals surface area contributed by atoms with Crippen LogP contribution in [-0.2, 0) is 11.3 Å². The van der Waals surface area contributed by atoms with Gasteiger partial charge in [-0.3, -0.25) is 9.36 Å². The molecule has 0 unspecified atom stereocenters. The molecule has 2 aromatic carbocycles. The number of hydrogen-bond donors (Lipinski definition) is 0. The van der Waals surface area contributed by atoms with Crippen LogP contribution in [0.1, 0.15) is 31.7 Å². The van der Waals surface area contributed by atoms with Crippen molar-refractivity contribution in [2.45, 2.75) is 37.9 Å². The fraction of sp³-hybridized carbons (Fsp3) is 0.423. The molecule has 0 saturated carbocycles. The lowest BCUT2D eigenvalue weighted by atomic mass is 10.1. The largest absolute Gasteiger partial charge is 0.486 e. The van der Waals surface area contributed by atoms with E-state index >= 15 is 0 Å². The third-order valence-corrected chi connectivity index (χ3v) is 7.22. The second kappa shape index (κ2) is 11.0. The number of fused-ring (bicyclic) bond motifs is 1. The van der Waals surface area contributed by atoms with Gasteiger partial charge in [-0.1, -0.05) is 36.0 Å². The van der Waals surface area contributed by atoms with Gasteiger partial charge in [0.15, 0.2) is 16.7 Å². The zero-order valence-electron chi connectivity index (χ0n) is 20.1. The molecule has 2 aliphatic heterocycles. The van der Waals surface area contributed by atoms with Gasteiger partial charge in [0.1, 0.15) is 13.2 Å². The molecule has 0 radical (unpaired) electrons. The van der Waals surface area contributed by atoms with Crippen LogP contribution in [0.2, 0.25) is 0 Å². The Morgan fingerprint density at radius 1 is 1.00 bits per heavy atom. The second-order valence-electron chi connectivity index (χ2n) is 8.68. The number of rotatable bonds is 8. The molecule has 35 heavy (non-hydrogen) atoms. The first-order valence-electron chi connectivity index (χ1n) is 12.3. The molecule has 0 spiro atoms. The van der Waals surface area contributed by atoms with Crippen LogP contribution < -0.4 is 14.4 Å². The topological polar surface area (TPSA) is 72.7 Å². The van der Waals surface area contributed by atoms with E-state index in [4.69, 9.17) is 9.47 Å². The Hall–Kier alpha value is -3.20. The minimum absolute atomic E-state index is 0.0644. The van der Waals surface area contributed by atoms with E-state index in [2.05, 4.69) is 31.8 Å². The molecule has 5 rings (SSSR count). The minimum atomic E-state index is 0.0644. The van der Waals surface area contributed by atoms with Crippen LogP contribution in [-0.4, -0.2) is 64.2 Å². The lowest BCUT2D eigenvalue weighted by Crippen LogP contribution is -2.32. The number of ether oxygens (including phenoxy) is 2. The van der Waals surface area contributed by atoms with Crippen LogP contribution >= 0.6 is 11.8 Å². The summed E-state index contributed by atoms with van der Waals surface area (Å²) in [5.74, 6) is 2.72. The number of aromatic nitrogens is 3. The summed E-state index contributed by atoms with van der Waals surface area (Å²) in [7, 11) is 0. The molecule has 3 aromatic rings. The van der Waals surface area contributed by atoms with Crippen molar-refractivity contribution in [2.75, 3.05) is 43.5 Å². The molecule has 0 atom stereocenters. The van der Waals surface area contributed by atoms with E-state index in [1.165, 1.54) is 18.2 Å². The van der Waals surface area contributed by atoms with Crippen molar-refractivity contribution in [3.63, 3.8) is 0 Å². The summed E-state index contributed by atoms with van der Waals surface area (Å²) in [5, 5.41) is 9.76. The van der Waals surface area contributed by atoms with Gasteiger partial charge in [-0.15, -0.1) is 10.2 Å². The molecular formula is C26H31N5O3S. The number of hydrogen-bond acceptors (Lipinski definition) is 7. The number of nitrogens with zero attached hydrogens (tertiary/aromatic N) is 5. The summed E-state index contributed by atoms with van der Waals surface area (Å²) >= 11 is 1.44. The summed E-state index contributed by atoms with van der Waals surface area (Å²) in [4.78, 5) is 17.3. The standard InChI is InChI=1S/C26H31N5O3S/c1-2-29(18-20-11-12-22-23(17-20)34-16-15-33-22)24(32)19-35-26-28-27-25(30-13-7-4-8-14-30)31(26)21-9-5-3-6-10-21/h3,5-6,9-12,17H,2,4,7-8,13-16,18-19H2,1H3. The highest BCUT2D eigenvalue weighted by Gasteiger charge is 2.23. The highest BCUT2D eigenvalue weighted by atomic mass is 32.2. The Morgan fingerprint density at radius 3 is 2.54 bits per heavy atom. The van der Waals surface area contributed by atoms with Gasteiger partial charge in [-0.2, -0.15) is 0 Å². The van der Waals surface area contributed by atoms with Crippen molar-refractivity contribution < 1.29 is 14.3 Å². The Labute approximate surface area is 210 Å². The zero-order chi connectivity index (χ0) is 24.0. The SMILES string of the molecule is CCN(Cc1ccc2c(c1)OCCO2)C(=O)CSc1nnc(N2CCCCC2)n1-c1ccccc1. The number of amides is 1. The van der Waals surface area contributed by atoms with E-state index in [-0.39, 0.29) is 5.91 Å². The van der Waals surface area contributed by atoms with Crippen LogP contribution in [0, 0.1) is 0 Å². The summed E-state index contributed by atoms with van der Waals surface area (Å²) in [6, 6.07) is 16.0. The van der Waals surface area contributed by atoms with Crippen molar-refractivity contribution >= 4 is 23.6 Å². The first-order valence-corrected chi connectivity index (χ1v) is 13.3. The van der Waals surface area contributed by atoms with Gasteiger partial charge in [-0.05, 0) is 56.0 Å². The first kappa shape index (κ1) is 23.5. The van der Waals surface area contributed by atoms with Crippen molar-refractivity contribution in [3.8, 4) is 17.2 Å². The minimum Gasteiger partial charge on any atom is -0.486 e. The van der Waals surface area contributed by atoms with Gasteiger partial charge in [-0.25, -0.2) is 0 Å². The van der Waals surface area contributed by atoms with E-state index in [0.717, 1.165) is 59.8 Å². The van der Waals surface area contributed by atoms with Crippen LogP contribution in [0.3, 0.4) is 0 Å². The Kier molecular flexibility index (Phi) is 7.42.